The molecular weight excluding hydrogens is 390 g/mol. The number of halogens is 1. The second-order valence-electron chi connectivity index (χ2n) is 6.93. The lowest BCUT2D eigenvalue weighted by Gasteiger charge is -2.28. The van der Waals surface area contributed by atoms with Crippen molar-refractivity contribution in [2.75, 3.05) is 43.6 Å². The van der Waals surface area contributed by atoms with E-state index in [1.807, 2.05) is 18.2 Å². The summed E-state index contributed by atoms with van der Waals surface area (Å²) in [5, 5.41) is 4.40. The summed E-state index contributed by atoms with van der Waals surface area (Å²) >= 11 is 6.04. The van der Waals surface area contributed by atoms with Crippen LogP contribution in [0.2, 0.25) is 5.02 Å². The van der Waals surface area contributed by atoms with Gasteiger partial charge in [-0.3, -0.25) is 4.79 Å². The summed E-state index contributed by atoms with van der Waals surface area (Å²) in [6.07, 6.45) is 0. The van der Waals surface area contributed by atoms with Gasteiger partial charge in [-0.05, 0) is 55.0 Å². The van der Waals surface area contributed by atoms with Crippen molar-refractivity contribution >= 4 is 39.9 Å². The molecule has 2 aromatic carbocycles. The van der Waals surface area contributed by atoms with Crippen molar-refractivity contribution in [1.29, 1.82) is 0 Å². The zero-order valence-corrected chi connectivity index (χ0v) is 17.1. The number of pyridine rings is 1. The highest BCUT2D eigenvalue weighted by Gasteiger charge is 2.16. The molecule has 0 aliphatic carbocycles. The van der Waals surface area contributed by atoms with Gasteiger partial charge in [0.15, 0.2) is 0 Å². The van der Waals surface area contributed by atoms with Crippen LogP contribution >= 0.6 is 11.6 Å². The molecule has 3 aromatic rings. The van der Waals surface area contributed by atoms with E-state index in [-0.39, 0.29) is 5.91 Å². The number of fused-ring (bicyclic) bond motifs is 1. The van der Waals surface area contributed by atoms with E-state index in [0.29, 0.717) is 22.0 Å². The largest absolute Gasteiger partial charge is 0.496 e. The highest BCUT2D eigenvalue weighted by molar-refractivity contribution is 6.31. The maximum absolute atomic E-state index is 12.7. The molecule has 0 radical (unpaired) electrons. The van der Waals surface area contributed by atoms with Crippen LogP contribution in [0.5, 0.6) is 5.75 Å². The Morgan fingerprint density at radius 2 is 1.97 bits per heavy atom. The molecule has 0 saturated carbocycles. The van der Waals surface area contributed by atoms with Crippen LogP contribution in [0, 0.1) is 6.92 Å². The summed E-state index contributed by atoms with van der Waals surface area (Å²) in [6.45, 7) is 5.17. The lowest BCUT2D eigenvalue weighted by atomic mass is 10.1. The number of methoxy groups -OCH3 is 1. The van der Waals surface area contributed by atoms with Gasteiger partial charge in [-0.25, -0.2) is 4.98 Å². The summed E-state index contributed by atoms with van der Waals surface area (Å²) < 4.78 is 10.7. The van der Waals surface area contributed by atoms with Gasteiger partial charge in [0.1, 0.15) is 11.6 Å². The van der Waals surface area contributed by atoms with Crippen LogP contribution in [0.25, 0.3) is 10.9 Å². The molecule has 6 nitrogen and oxygen atoms in total. The van der Waals surface area contributed by atoms with Gasteiger partial charge >= 0.3 is 0 Å². The second-order valence-corrected chi connectivity index (χ2v) is 7.36. The van der Waals surface area contributed by atoms with E-state index in [1.165, 1.54) is 7.11 Å². The number of hydrogen-bond donors (Lipinski definition) is 1. The molecule has 1 aliphatic rings. The third kappa shape index (κ3) is 4.13. The highest BCUT2D eigenvalue weighted by atomic mass is 35.5. The maximum Gasteiger partial charge on any atom is 0.259 e. The molecule has 0 bridgehead atoms. The Morgan fingerprint density at radius 1 is 1.17 bits per heavy atom. The molecule has 29 heavy (non-hydrogen) atoms. The molecule has 0 atom stereocenters. The fourth-order valence-electron chi connectivity index (χ4n) is 3.46. The Morgan fingerprint density at radius 3 is 2.72 bits per heavy atom. The first-order valence-electron chi connectivity index (χ1n) is 9.44. The normalized spacial score (nSPS) is 14.1. The average molecular weight is 412 g/mol. The van der Waals surface area contributed by atoms with Gasteiger partial charge in [0, 0.05) is 29.2 Å². The van der Waals surface area contributed by atoms with Crippen LogP contribution in [-0.2, 0) is 4.74 Å². The summed E-state index contributed by atoms with van der Waals surface area (Å²) in [5.74, 6) is 1.15. The molecule has 1 N–H and O–H groups in total. The summed E-state index contributed by atoms with van der Waals surface area (Å²) in [6, 6.07) is 12.8. The van der Waals surface area contributed by atoms with Crippen molar-refractivity contribution in [3.05, 3.63) is 58.6 Å². The van der Waals surface area contributed by atoms with E-state index in [0.717, 1.165) is 48.6 Å². The number of amides is 1. The first-order valence-corrected chi connectivity index (χ1v) is 9.82. The molecule has 4 rings (SSSR count). The number of nitrogens with zero attached hydrogens (tertiary/aromatic N) is 2. The number of nitrogens with one attached hydrogen (secondary N) is 1. The Balaban J connectivity index is 1.61. The van der Waals surface area contributed by atoms with E-state index in [9.17, 15) is 4.79 Å². The van der Waals surface area contributed by atoms with Gasteiger partial charge in [-0.15, -0.1) is 0 Å². The minimum absolute atomic E-state index is 0.278. The van der Waals surface area contributed by atoms with Crippen LogP contribution in [0.1, 0.15) is 15.9 Å². The van der Waals surface area contributed by atoms with Crippen LogP contribution in [0.3, 0.4) is 0 Å². The van der Waals surface area contributed by atoms with Crippen molar-refractivity contribution in [2.45, 2.75) is 6.92 Å². The molecule has 1 aliphatic heterocycles. The first-order chi connectivity index (χ1) is 14.0. The highest BCUT2D eigenvalue weighted by Crippen LogP contribution is 2.27. The van der Waals surface area contributed by atoms with Crippen molar-refractivity contribution in [3.8, 4) is 5.75 Å². The monoisotopic (exact) mass is 411 g/mol. The van der Waals surface area contributed by atoms with Gasteiger partial charge in [0.2, 0.25) is 0 Å². The number of carbonyl (C=O) groups is 1. The van der Waals surface area contributed by atoms with Gasteiger partial charge in [-0.1, -0.05) is 11.6 Å². The third-order valence-corrected chi connectivity index (χ3v) is 5.24. The molecule has 1 saturated heterocycles. The van der Waals surface area contributed by atoms with Crippen molar-refractivity contribution in [2.24, 2.45) is 0 Å². The number of morpholine rings is 1. The van der Waals surface area contributed by atoms with Crippen LogP contribution in [0.15, 0.2) is 42.5 Å². The SMILES string of the molecule is COc1ccc(Cl)cc1C(=O)Nc1ccc2nc(N3CCOCC3)cc(C)c2c1. The Labute approximate surface area is 174 Å². The van der Waals surface area contributed by atoms with Gasteiger partial charge in [-0.2, -0.15) is 0 Å². The smallest absolute Gasteiger partial charge is 0.259 e. The Hall–Kier alpha value is -2.83. The molecule has 1 fully saturated rings. The van der Waals surface area contributed by atoms with Crippen LogP contribution in [-0.4, -0.2) is 44.3 Å². The van der Waals surface area contributed by atoms with Gasteiger partial charge in [0.25, 0.3) is 5.91 Å². The van der Waals surface area contributed by atoms with Crippen molar-refractivity contribution in [3.63, 3.8) is 0 Å². The quantitative estimate of drug-likeness (QED) is 0.693. The summed E-state index contributed by atoms with van der Waals surface area (Å²) in [7, 11) is 1.52. The second kappa shape index (κ2) is 8.27. The topological polar surface area (TPSA) is 63.7 Å². The fraction of sp³-hybridized carbons (Fsp3) is 0.273. The molecule has 0 unspecified atom stereocenters. The number of rotatable bonds is 4. The molecule has 150 valence electrons. The standard InChI is InChI=1S/C22H22ClN3O3/c1-14-11-21(26-7-9-29-10-8-26)25-19-5-4-16(13-17(14)19)24-22(27)18-12-15(23)3-6-20(18)28-2/h3-6,11-13H,7-10H2,1-2H3,(H,24,27). The molecule has 2 heterocycles. The van der Waals surface area contributed by atoms with Crippen LogP contribution < -0.4 is 15.0 Å². The predicted octanol–water partition coefficient (Wildman–Crippen LogP) is 4.29. The van der Waals surface area contributed by atoms with Crippen LogP contribution in [0.4, 0.5) is 11.5 Å². The predicted molar refractivity (Wildman–Crippen MR) is 115 cm³/mol. The number of aromatic nitrogens is 1. The lowest BCUT2D eigenvalue weighted by molar-refractivity contribution is 0.102. The van der Waals surface area contributed by atoms with E-state index >= 15 is 0 Å². The number of carbonyl (C=O) groups excluding carboxylic acids is 1. The molecule has 1 aromatic heterocycles. The number of hydrogen-bond acceptors (Lipinski definition) is 5. The fourth-order valence-corrected chi connectivity index (χ4v) is 3.64. The van der Waals surface area contributed by atoms with E-state index in [4.69, 9.17) is 26.1 Å². The van der Waals surface area contributed by atoms with E-state index in [1.54, 1.807) is 18.2 Å². The minimum Gasteiger partial charge on any atom is -0.496 e. The lowest BCUT2D eigenvalue weighted by Crippen LogP contribution is -2.36. The number of anilines is 2. The van der Waals surface area contributed by atoms with Gasteiger partial charge in [0.05, 0.1) is 31.4 Å². The van der Waals surface area contributed by atoms with Crippen molar-refractivity contribution in [1.82, 2.24) is 4.98 Å². The van der Waals surface area contributed by atoms with Crippen molar-refractivity contribution < 1.29 is 14.3 Å². The molecule has 0 spiro atoms. The number of ether oxygens (including phenoxy) is 2. The number of aryl methyl sites for hydroxylation is 1. The zero-order valence-electron chi connectivity index (χ0n) is 16.4. The number of benzene rings is 2. The third-order valence-electron chi connectivity index (χ3n) is 5.00. The molecular formula is C22H22ClN3O3. The Bertz CT molecular complexity index is 1060. The molecule has 7 heteroatoms. The maximum atomic E-state index is 12.7. The van der Waals surface area contributed by atoms with E-state index in [2.05, 4.69) is 23.2 Å². The summed E-state index contributed by atoms with van der Waals surface area (Å²) in [4.78, 5) is 19.8. The summed E-state index contributed by atoms with van der Waals surface area (Å²) in [5.41, 5.74) is 3.07. The van der Waals surface area contributed by atoms with Gasteiger partial charge < -0.3 is 19.7 Å². The Kier molecular flexibility index (Phi) is 5.56. The average Bonchev–Trinajstić information content (AvgIpc) is 2.74. The first kappa shape index (κ1) is 19.5. The molecule has 1 amide bonds. The zero-order chi connectivity index (χ0) is 20.4. The minimum atomic E-state index is -0.278. The van der Waals surface area contributed by atoms with E-state index < -0.39 is 0 Å².